The van der Waals surface area contributed by atoms with Crippen molar-refractivity contribution in [1.29, 1.82) is 0 Å². The van der Waals surface area contributed by atoms with Crippen molar-refractivity contribution in [2.24, 2.45) is 17.8 Å². The highest BCUT2D eigenvalue weighted by atomic mass is 14.4. The first-order valence-electron chi connectivity index (χ1n) is 6.19. The number of fused-ring (bicyclic) bond motifs is 1. The maximum Gasteiger partial charge on any atom is -0.0102 e. The van der Waals surface area contributed by atoms with Gasteiger partial charge in [-0.1, -0.05) is 52.0 Å². The molecule has 0 heteroatoms. The second-order valence-electron chi connectivity index (χ2n) is 5.58. The third-order valence-electron chi connectivity index (χ3n) is 3.91. The van der Waals surface area contributed by atoms with Crippen LogP contribution in [0, 0.1) is 17.8 Å². The summed E-state index contributed by atoms with van der Waals surface area (Å²) in [7, 11) is 0. The summed E-state index contributed by atoms with van der Waals surface area (Å²) in [6.45, 7) is 9.46. The molecule has 0 heterocycles. The Labute approximate surface area is 93.7 Å². The van der Waals surface area contributed by atoms with Crippen LogP contribution in [0.1, 0.15) is 44.7 Å². The molecule has 1 aromatic rings. The maximum atomic E-state index is 2.37. The molecule has 0 aliphatic heterocycles. The Morgan fingerprint density at radius 2 is 1.67 bits per heavy atom. The molecular weight excluding hydrogens is 180 g/mol. The zero-order valence-electron chi connectivity index (χ0n) is 10.3. The van der Waals surface area contributed by atoms with Crippen LogP contribution in [-0.2, 0) is 6.42 Å². The summed E-state index contributed by atoms with van der Waals surface area (Å²) < 4.78 is 0. The molecule has 82 valence electrons. The SMILES string of the molecule is CC(C)[C@H]1c2ccccc2C[C@H]1C(C)C. The van der Waals surface area contributed by atoms with Gasteiger partial charge in [0.15, 0.2) is 0 Å². The molecule has 0 unspecified atom stereocenters. The molecule has 2 rings (SSSR count). The molecule has 0 saturated carbocycles. The lowest BCUT2D eigenvalue weighted by Crippen LogP contribution is -2.18. The molecule has 0 nitrogen and oxygen atoms in total. The number of hydrogen-bond acceptors (Lipinski definition) is 0. The summed E-state index contributed by atoms with van der Waals surface area (Å²) in [5.74, 6) is 3.19. The van der Waals surface area contributed by atoms with Gasteiger partial charge in [-0.2, -0.15) is 0 Å². The zero-order chi connectivity index (χ0) is 11.0. The predicted molar refractivity (Wildman–Crippen MR) is 66.1 cm³/mol. The van der Waals surface area contributed by atoms with E-state index in [0.717, 1.165) is 23.7 Å². The van der Waals surface area contributed by atoms with E-state index in [1.165, 1.54) is 6.42 Å². The lowest BCUT2D eigenvalue weighted by Gasteiger charge is -2.27. The highest BCUT2D eigenvalue weighted by Crippen LogP contribution is 2.45. The summed E-state index contributed by atoms with van der Waals surface area (Å²) in [6.07, 6.45) is 1.29. The Morgan fingerprint density at radius 3 is 2.27 bits per heavy atom. The molecule has 0 spiro atoms. The van der Waals surface area contributed by atoms with Gasteiger partial charge >= 0.3 is 0 Å². The zero-order valence-corrected chi connectivity index (χ0v) is 10.3. The topological polar surface area (TPSA) is 0 Å². The van der Waals surface area contributed by atoms with Crippen molar-refractivity contribution in [3.8, 4) is 0 Å². The largest absolute Gasteiger partial charge is 0.0625 e. The van der Waals surface area contributed by atoms with Gasteiger partial charge in [-0.15, -0.1) is 0 Å². The van der Waals surface area contributed by atoms with E-state index >= 15 is 0 Å². The van der Waals surface area contributed by atoms with Gasteiger partial charge < -0.3 is 0 Å². The summed E-state index contributed by atoms with van der Waals surface area (Å²) in [6, 6.07) is 9.02. The van der Waals surface area contributed by atoms with Crippen molar-refractivity contribution in [2.45, 2.75) is 40.0 Å². The monoisotopic (exact) mass is 202 g/mol. The molecule has 1 aliphatic rings. The number of rotatable bonds is 2. The van der Waals surface area contributed by atoms with Crippen LogP contribution >= 0.6 is 0 Å². The van der Waals surface area contributed by atoms with Gasteiger partial charge in [0.1, 0.15) is 0 Å². The third kappa shape index (κ3) is 1.82. The smallest absolute Gasteiger partial charge is 0.0102 e. The van der Waals surface area contributed by atoms with E-state index in [4.69, 9.17) is 0 Å². The molecular formula is C15H22. The minimum Gasteiger partial charge on any atom is -0.0625 e. The van der Waals surface area contributed by atoms with E-state index in [1.807, 2.05) is 0 Å². The Balaban J connectivity index is 2.38. The first kappa shape index (κ1) is 10.7. The Hall–Kier alpha value is -0.780. The second-order valence-corrected chi connectivity index (χ2v) is 5.58. The average molecular weight is 202 g/mol. The standard InChI is InChI=1S/C15H22/c1-10(2)14-9-12-7-5-6-8-13(12)15(14)11(3)4/h5-8,10-11,14-15H,9H2,1-4H3/t14-,15-/m0/s1. The Kier molecular flexibility index (Phi) is 2.86. The van der Waals surface area contributed by atoms with Gasteiger partial charge in [0, 0.05) is 0 Å². The van der Waals surface area contributed by atoms with Gasteiger partial charge in [0.05, 0.1) is 0 Å². The maximum absolute atomic E-state index is 2.37. The summed E-state index contributed by atoms with van der Waals surface area (Å²) >= 11 is 0. The van der Waals surface area contributed by atoms with E-state index in [2.05, 4.69) is 52.0 Å². The molecule has 0 fully saturated rings. The molecule has 1 aromatic carbocycles. The van der Waals surface area contributed by atoms with Crippen LogP contribution in [-0.4, -0.2) is 0 Å². The lowest BCUT2D eigenvalue weighted by molar-refractivity contribution is 0.289. The first-order valence-corrected chi connectivity index (χ1v) is 6.19. The molecule has 2 atom stereocenters. The Bertz CT molecular complexity index is 336. The van der Waals surface area contributed by atoms with Gasteiger partial charge in [0.2, 0.25) is 0 Å². The van der Waals surface area contributed by atoms with Crippen molar-refractivity contribution < 1.29 is 0 Å². The van der Waals surface area contributed by atoms with Crippen LogP contribution < -0.4 is 0 Å². The fourth-order valence-electron chi connectivity index (χ4n) is 3.16. The average Bonchev–Trinajstić information content (AvgIpc) is 2.56. The van der Waals surface area contributed by atoms with Gasteiger partial charge in [-0.3, -0.25) is 0 Å². The van der Waals surface area contributed by atoms with E-state index in [-0.39, 0.29) is 0 Å². The van der Waals surface area contributed by atoms with E-state index in [0.29, 0.717) is 0 Å². The lowest BCUT2D eigenvalue weighted by atomic mass is 9.78. The molecule has 0 amide bonds. The van der Waals surface area contributed by atoms with E-state index in [1.54, 1.807) is 11.1 Å². The summed E-state index contributed by atoms with van der Waals surface area (Å²) in [5, 5.41) is 0. The van der Waals surface area contributed by atoms with Crippen LogP contribution in [0.15, 0.2) is 24.3 Å². The van der Waals surface area contributed by atoms with Gasteiger partial charge in [0.25, 0.3) is 0 Å². The second kappa shape index (κ2) is 4.00. The molecule has 0 bridgehead atoms. The minimum absolute atomic E-state index is 0.765. The molecule has 15 heavy (non-hydrogen) atoms. The Morgan fingerprint density at radius 1 is 1.00 bits per heavy atom. The molecule has 1 aliphatic carbocycles. The van der Waals surface area contributed by atoms with Crippen molar-refractivity contribution in [2.75, 3.05) is 0 Å². The fraction of sp³-hybridized carbons (Fsp3) is 0.600. The van der Waals surface area contributed by atoms with Gasteiger partial charge in [-0.05, 0) is 41.2 Å². The van der Waals surface area contributed by atoms with Crippen LogP contribution in [0.3, 0.4) is 0 Å². The molecule has 0 aromatic heterocycles. The van der Waals surface area contributed by atoms with Crippen LogP contribution in [0.2, 0.25) is 0 Å². The highest BCUT2D eigenvalue weighted by molar-refractivity contribution is 5.36. The van der Waals surface area contributed by atoms with Crippen LogP contribution in [0.4, 0.5) is 0 Å². The van der Waals surface area contributed by atoms with E-state index < -0.39 is 0 Å². The minimum atomic E-state index is 0.765. The third-order valence-corrected chi connectivity index (χ3v) is 3.91. The van der Waals surface area contributed by atoms with Crippen molar-refractivity contribution >= 4 is 0 Å². The summed E-state index contributed by atoms with van der Waals surface area (Å²) in [4.78, 5) is 0. The molecule has 0 N–H and O–H groups in total. The van der Waals surface area contributed by atoms with E-state index in [9.17, 15) is 0 Å². The number of hydrogen-bond donors (Lipinski definition) is 0. The predicted octanol–water partition coefficient (Wildman–Crippen LogP) is 4.25. The molecule has 0 saturated heterocycles. The van der Waals surface area contributed by atoms with Crippen molar-refractivity contribution in [3.63, 3.8) is 0 Å². The van der Waals surface area contributed by atoms with Gasteiger partial charge in [-0.25, -0.2) is 0 Å². The normalized spacial score (nSPS) is 24.9. The van der Waals surface area contributed by atoms with Crippen LogP contribution in [0.25, 0.3) is 0 Å². The van der Waals surface area contributed by atoms with Crippen LogP contribution in [0.5, 0.6) is 0 Å². The van der Waals surface area contributed by atoms with Crippen molar-refractivity contribution in [3.05, 3.63) is 35.4 Å². The number of benzene rings is 1. The van der Waals surface area contributed by atoms with Crippen molar-refractivity contribution in [1.82, 2.24) is 0 Å². The first-order chi connectivity index (χ1) is 7.11. The highest BCUT2D eigenvalue weighted by Gasteiger charge is 2.35. The fourth-order valence-corrected chi connectivity index (χ4v) is 3.16. The molecule has 0 radical (unpaired) electrons. The quantitative estimate of drug-likeness (QED) is 0.672. The summed E-state index contributed by atoms with van der Waals surface area (Å²) in [5.41, 5.74) is 3.21.